The summed E-state index contributed by atoms with van der Waals surface area (Å²) in [5.41, 5.74) is 16.1. The van der Waals surface area contributed by atoms with Gasteiger partial charge in [-0.15, -0.1) is 0 Å². The number of nitrogens with zero attached hydrogens (tertiary/aromatic N) is 3. The SMILES string of the molecule is CCCCCCCCCCCCC/C=N\NC(=O)CSSCC(=O)NCCNC(=O)CC[C@H](N=C(N)N)C(=O)NCCNC(=O)CSSCC(=O)N/N=C\CCCCCCCCCCCCC. The number of nitrogens with one attached hydrogen (secondary N) is 6. The van der Waals surface area contributed by atoms with Gasteiger partial charge in [0.05, 0.1) is 23.0 Å². The van der Waals surface area contributed by atoms with E-state index < -0.39 is 11.9 Å². The molecule has 6 amide bonds. The smallest absolute Gasteiger partial charge is 0.250 e. The molecule has 0 heterocycles. The van der Waals surface area contributed by atoms with E-state index in [4.69, 9.17) is 11.5 Å². The molecule has 0 bridgehead atoms. The van der Waals surface area contributed by atoms with Gasteiger partial charge in [-0.25, -0.2) is 15.8 Å². The number of nitrogens with two attached hydrogens (primary N) is 2. The summed E-state index contributed by atoms with van der Waals surface area (Å²) in [5, 5.41) is 18.8. The third-order valence-corrected chi connectivity index (χ3v) is 14.4. The van der Waals surface area contributed by atoms with Crippen LogP contribution >= 0.6 is 43.2 Å². The molecule has 17 nitrogen and oxygen atoms in total. The van der Waals surface area contributed by atoms with Crippen LogP contribution in [0.15, 0.2) is 15.2 Å². The average Bonchev–Trinajstić information content (AvgIpc) is 3.30. The monoisotopic (exact) mass is 1020 g/mol. The van der Waals surface area contributed by atoms with E-state index in [1.54, 1.807) is 12.4 Å². The maximum absolute atomic E-state index is 12.7. The number of rotatable bonds is 47. The van der Waals surface area contributed by atoms with Gasteiger partial charge in [-0.3, -0.25) is 28.8 Å². The summed E-state index contributed by atoms with van der Waals surface area (Å²) in [6.07, 6.45) is 33.4. The number of guanidine groups is 1. The Morgan fingerprint density at radius 2 is 0.776 bits per heavy atom. The van der Waals surface area contributed by atoms with E-state index in [9.17, 15) is 28.8 Å². The van der Waals surface area contributed by atoms with Crippen molar-refractivity contribution in [3.63, 3.8) is 0 Å². The van der Waals surface area contributed by atoms with Crippen molar-refractivity contribution in [2.24, 2.45) is 26.7 Å². The Bertz CT molecular complexity index is 1390. The van der Waals surface area contributed by atoms with Gasteiger partial charge in [-0.05, 0) is 32.1 Å². The number of amides is 6. The Kier molecular flexibility index (Phi) is 46.9. The van der Waals surface area contributed by atoms with E-state index >= 15 is 0 Å². The molecule has 0 aliphatic carbocycles. The van der Waals surface area contributed by atoms with Crippen molar-refractivity contribution in [2.45, 2.75) is 187 Å². The molecule has 0 saturated heterocycles. The summed E-state index contributed by atoms with van der Waals surface area (Å²) >= 11 is 0. The van der Waals surface area contributed by atoms with E-state index in [1.807, 2.05) is 0 Å². The predicted molar refractivity (Wildman–Crippen MR) is 286 cm³/mol. The number of unbranched alkanes of at least 4 members (excludes halogenated alkanes) is 22. The Morgan fingerprint density at radius 3 is 1.15 bits per heavy atom. The largest absolute Gasteiger partial charge is 0.370 e. The van der Waals surface area contributed by atoms with Crippen LogP contribution in [-0.4, -0.2) is 109 Å². The number of carbonyl (C=O) groups excluding carboxylic acids is 6. The minimum Gasteiger partial charge on any atom is -0.370 e. The highest BCUT2D eigenvalue weighted by Gasteiger charge is 2.19. The number of aliphatic imine (C=N–C) groups is 1. The van der Waals surface area contributed by atoms with E-state index in [1.165, 1.54) is 172 Å². The van der Waals surface area contributed by atoms with Gasteiger partial charge in [-0.2, -0.15) is 10.2 Å². The first-order chi connectivity index (χ1) is 32.6. The molecule has 0 aromatic carbocycles. The summed E-state index contributed by atoms with van der Waals surface area (Å²) in [7, 11) is 5.00. The summed E-state index contributed by atoms with van der Waals surface area (Å²) < 4.78 is 0. The van der Waals surface area contributed by atoms with Gasteiger partial charge in [0.25, 0.3) is 11.8 Å². The second-order valence-corrected chi connectivity index (χ2v) is 21.3. The molecule has 0 radical (unpaired) electrons. The molecule has 21 heteroatoms. The zero-order valence-corrected chi connectivity index (χ0v) is 44.1. The number of carbonyl (C=O) groups is 6. The Morgan fingerprint density at radius 1 is 0.448 bits per heavy atom. The first-order valence-electron chi connectivity index (χ1n) is 24.8. The second kappa shape index (κ2) is 49.3. The lowest BCUT2D eigenvalue weighted by Crippen LogP contribution is -2.41. The molecule has 10 N–H and O–H groups in total. The third-order valence-electron chi connectivity index (χ3n) is 10.1. The van der Waals surface area contributed by atoms with Gasteiger partial charge in [0, 0.05) is 45.0 Å². The fourth-order valence-corrected chi connectivity index (χ4v) is 9.79. The van der Waals surface area contributed by atoms with Gasteiger partial charge in [0.1, 0.15) is 6.04 Å². The molecular weight excluding hydrogens is 931 g/mol. The molecule has 0 aromatic rings. The van der Waals surface area contributed by atoms with Gasteiger partial charge in [0.15, 0.2) is 5.96 Å². The molecule has 0 fully saturated rings. The zero-order valence-electron chi connectivity index (χ0n) is 40.9. The maximum atomic E-state index is 12.7. The Labute approximate surface area is 418 Å². The molecule has 67 heavy (non-hydrogen) atoms. The predicted octanol–water partition coefficient (Wildman–Crippen LogP) is 7.24. The van der Waals surface area contributed by atoms with Crippen molar-refractivity contribution in [3.8, 4) is 0 Å². The standard InChI is InChI=1S/C46H87N11O6S4/c1-3-5-7-9-11-13-15-17-19-21-23-25-29-53-56-43(61)37-66-64-35-41(59)50-32-31-49-40(58)28-27-39(55-46(47)48)45(63)52-34-33-51-42(60)36-65-67-38-44(62)57-54-30-26-24-22-20-18-16-14-12-10-8-6-4-2/h29-30,39H,3-28,31-38H2,1-2H3,(H,49,58)(H,50,59)(H,51,60)(H,52,63)(H,56,61)(H,57,62)(H4,47,48,55)/b53-29-,54-30-/t39-/m0/s1. The lowest BCUT2D eigenvalue weighted by Gasteiger charge is -2.14. The Hall–Kier alpha value is -3.17. The van der Waals surface area contributed by atoms with Crippen LogP contribution in [0.2, 0.25) is 0 Å². The third kappa shape index (κ3) is 47.7. The van der Waals surface area contributed by atoms with Crippen LogP contribution in [0, 0.1) is 0 Å². The fourth-order valence-electron chi connectivity index (χ4n) is 6.41. The van der Waals surface area contributed by atoms with Crippen molar-refractivity contribution >= 4 is 97.0 Å². The zero-order chi connectivity index (χ0) is 49.3. The highest BCUT2D eigenvalue weighted by atomic mass is 33.1. The minimum atomic E-state index is -1.01. The lowest BCUT2D eigenvalue weighted by molar-refractivity contribution is -0.124. The second-order valence-electron chi connectivity index (χ2n) is 16.3. The highest BCUT2D eigenvalue weighted by molar-refractivity contribution is 8.77. The van der Waals surface area contributed by atoms with Crippen LogP contribution in [0.5, 0.6) is 0 Å². The summed E-state index contributed by atoms with van der Waals surface area (Å²) in [4.78, 5) is 77.5. The van der Waals surface area contributed by atoms with Gasteiger partial charge >= 0.3 is 0 Å². The molecule has 0 aliphatic rings. The maximum Gasteiger partial charge on any atom is 0.250 e. The van der Waals surface area contributed by atoms with Crippen LogP contribution < -0.4 is 43.6 Å². The van der Waals surface area contributed by atoms with Crippen molar-refractivity contribution < 1.29 is 28.8 Å². The molecule has 0 unspecified atom stereocenters. The summed E-state index contributed by atoms with van der Waals surface area (Å²) in [6, 6.07) is -1.01. The van der Waals surface area contributed by atoms with Gasteiger partial charge in [0.2, 0.25) is 23.6 Å². The summed E-state index contributed by atoms with van der Waals surface area (Å²) in [6.45, 7) is 5.14. The van der Waals surface area contributed by atoms with E-state index in [2.05, 4.69) is 61.2 Å². The summed E-state index contributed by atoms with van der Waals surface area (Å²) in [5.74, 6) is -1.53. The highest BCUT2D eigenvalue weighted by Crippen LogP contribution is 2.21. The molecule has 0 saturated carbocycles. The van der Waals surface area contributed by atoms with Gasteiger partial charge in [-0.1, -0.05) is 185 Å². The topological polar surface area (TPSA) is 264 Å². The molecule has 0 aliphatic heterocycles. The van der Waals surface area contributed by atoms with E-state index in [0.717, 1.165) is 25.7 Å². The average molecular weight is 1020 g/mol. The molecule has 386 valence electrons. The minimum absolute atomic E-state index is 0.0343. The first kappa shape index (κ1) is 63.8. The lowest BCUT2D eigenvalue weighted by atomic mass is 10.1. The van der Waals surface area contributed by atoms with Crippen LogP contribution in [0.3, 0.4) is 0 Å². The van der Waals surface area contributed by atoms with Crippen LogP contribution in [-0.2, 0) is 28.8 Å². The fraction of sp³-hybridized carbons (Fsp3) is 0.804. The molecular formula is C46H87N11O6S4. The molecule has 1 atom stereocenters. The number of hydrazone groups is 2. The van der Waals surface area contributed by atoms with Crippen LogP contribution in [0.25, 0.3) is 0 Å². The molecule has 0 spiro atoms. The number of hydrogen-bond donors (Lipinski definition) is 8. The first-order valence-corrected chi connectivity index (χ1v) is 29.8. The van der Waals surface area contributed by atoms with Crippen LogP contribution in [0.1, 0.15) is 181 Å². The Balaban J connectivity index is 3.93. The van der Waals surface area contributed by atoms with Crippen molar-refractivity contribution in [2.75, 3.05) is 49.2 Å². The van der Waals surface area contributed by atoms with Crippen molar-refractivity contribution in [1.82, 2.24) is 32.1 Å². The van der Waals surface area contributed by atoms with E-state index in [-0.39, 0.29) is 97.5 Å². The van der Waals surface area contributed by atoms with Crippen LogP contribution in [0.4, 0.5) is 0 Å². The normalized spacial score (nSPS) is 11.6. The molecule has 0 rings (SSSR count). The molecule has 0 aromatic heterocycles. The number of hydrogen-bond acceptors (Lipinski definition) is 13. The quantitative estimate of drug-likeness (QED) is 0.00986. The van der Waals surface area contributed by atoms with Crippen molar-refractivity contribution in [3.05, 3.63) is 0 Å². The van der Waals surface area contributed by atoms with Gasteiger partial charge < -0.3 is 32.7 Å². The van der Waals surface area contributed by atoms with E-state index in [0.29, 0.717) is 0 Å². The van der Waals surface area contributed by atoms with Crippen molar-refractivity contribution in [1.29, 1.82) is 0 Å².